The molecule has 0 unspecified atom stereocenters. The molecule has 0 heterocycles. The molecule has 2 spiro atoms. The van der Waals surface area contributed by atoms with Crippen molar-refractivity contribution in [2.24, 2.45) is 47.3 Å². The third kappa shape index (κ3) is 13.2. The molecule has 10 aliphatic rings. The van der Waals surface area contributed by atoms with Gasteiger partial charge in [0.25, 0.3) is 0 Å². The molecule has 0 N–H and O–H groups in total. The van der Waals surface area contributed by atoms with Crippen molar-refractivity contribution in [1.82, 2.24) is 0 Å². The van der Waals surface area contributed by atoms with Gasteiger partial charge in [0.2, 0.25) is 0 Å². The maximum atomic E-state index is 2.54. The fourth-order valence-electron chi connectivity index (χ4n) is 27.1. The highest BCUT2D eigenvalue weighted by Crippen LogP contribution is 2.72. The van der Waals surface area contributed by atoms with Crippen LogP contribution in [0, 0.1) is 47.3 Å². The molecular formula is C130H102N2. The molecule has 0 radical (unpaired) electrons. The van der Waals surface area contributed by atoms with Crippen LogP contribution in [0.2, 0.25) is 0 Å². The Morgan fingerprint density at radius 1 is 0.152 bits per heavy atom. The zero-order valence-electron chi connectivity index (χ0n) is 74.3. The van der Waals surface area contributed by atoms with Crippen LogP contribution in [-0.2, 0) is 10.8 Å². The van der Waals surface area contributed by atoms with Gasteiger partial charge < -0.3 is 9.80 Å². The van der Waals surface area contributed by atoms with Crippen LogP contribution in [0.5, 0.6) is 0 Å². The first-order chi connectivity index (χ1) is 65.3. The van der Waals surface area contributed by atoms with E-state index in [1.165, 1.54) is 208 Å². The van der Waals surface area contributed by atoms with Crippen LogP contribution in [0.1, 0.15) is 86.5 Å². The van der Waals surface area contributed by atoms with Gasteiger partial charge in [-0.2, -0.15) is 0 Å². The molecule has 8 saturated carbocycles. The summed E-state index contributed by atoms with van der Waals surface area (Å²) in [5.41, 5.74) is 41.8. The summed E-state index contributed by atoms with van der Waals surface area (Å²) in [5.74, 6) is 7.01. The summed E-state index contributed by atoms with van der Waals surface area (Å²) in [4.78, 5) is 4.73. The average Bonchev–Trinajstić information content (AvgIpc) is 1.48. The van der Waals surface area contributed by atoms with Gasteiger partial charge in [-0.25, -0.2) is 0 Å². The molecule has 132 heavy (non-hydrogen) atoms. The van der Waals surface area contributed by atoms with E-state index in [0.717, 1.165) is 81.5 Å². The van der Waals surface area contributed by atoms with E-state index in [0.29, 0.717) is 0 Å². The first kappa shape index (κ1) is 78.4. The van der Waals surface area contributed by atoms with E-state index in [4.69, 9.17) is 0 Å². The molecule has 0 aromatic heterocycles. The standard InChI is InChI=1S/C68H53N.C62H49N/c1-2-9-47(10-3-1)51-25-32-59(33-26-51)69(61-36-29-55(30-37-61)63-15-8-12-54-11-4-5-13-62(54)63)60-34-27-52(28-35-60)50-19-17-48(18-20-50)49-21-23-53(24-22-49)56-31-38-67-65(44-56)64-14-6-7-16-66(64)68(67)57-40-45-39-46(42-57)43-58(68)41-45;1-2-9-43(10-3-1)45-21-28-53(29-22-45)63(55-32-25-49(26-33-55)57-15-8-12-48-11-4-5-13-56(48)57)54-30-23-46(24-31-54)44-17-19-47(20-18-44)50-27-34-61-59(40-50)58-14-6-7-16-60(58)62(61)51-36-41-35-42(38-51)39-52(62)37-41/h1-38,44-46,57-58H,39-43H2;1-34,40-42,51-52H,35-39H2. The van der Waals surface area contributed by atoms with Crippen molar-refractivity contribution < 1.29 is 0 Å². The molecule has 0 aliphatic heterocycles. The van der Waals surface area contributed by atoms with Crippen molar-refractivity contribution in [1.29, 1.82) is 0 Å². The summed E-state index contributed by atoms with van der Waals surface area (Å²) in [6.07, 6.45) is 14.3. The average molecular weight is 1690 g/mol. The summed E-state index contributed by atoms with van der Waals surface area (Å²) in [6, 6.07) is 167. The monoisotopic (exact) mass is 1690 g/mol. The Balaban J connectivity index is 0.000000139. The van der Waals surface area contributed by atoms with Crippen molar-refractivity contribution in [3.63, 3.8) is 0 Å². The van der Waals surface area contributed by atoms with E-state index in [2.05, 4.69) is 459 Å². The predicted molar refractivity (Wildman–Crippen MR) is 553 cm³/mol. The van der Waals surface area contributed by atoms with Gasteiger partial charge in [0.05, 0.1) is 0 Å². The Bertz CT molecular complexity index is 7490. The number of anilines is 6. The zero-order valence-corrected chi connectivity index (χ0v) is 74.3. The van der Waals surface area contributed by atoms with Gasteiger partial charge in [0.15, 0.2) is 0 Å². The van der Waals surface area contributed by atoms with Gasteiger partial charge in [-0.05, 0) is 363 Å². The third-order valence-corrected chi connectivity index (χ3v) is 32.6. The van der Waals surface area contributed by atoms with Gasteiger partial charge in [0.1, 0.15) is 0 Å². The number of hydrogen-bond acceptors (Lipinski definition) is 2. The van der Waals surface area contributed by atoms with E-state index in [-0.39, 0.29) is 10.8 Å². The van der Waals surface area contributed by atoms with Crippen molar-refractivity contribution in [2.45, 2.75) is 75.0 Å². The Morgan fingerprint density at radius 3 is 0.667 bits per heavy atom. The zero-order chi connectivity index (χ0) is 87.0. The van der Waals surface area contributed by atoms with Gasteiger partial charge in [-0.1, -0.05) is 364 Å². The lowest BCUT2D eigenvalue weighted by Crippen LogP contribution is -2.55. The maximum absolute atomic E-state index is 2.54. The first-order valence-corrected chi connectivity index (χ1v) is 48.4. The molecule has 0 atom stereocenters. The lowest BCUT2D eigenvalue weighted by atomic mass is 9.43. The smallest absolute Gasteiger partial charge is 0.0462 e. The molecule has 0 amide bonds. The van der Waals surface area contributed by atoms with Crippen molar-refractivity contribution in [3.05, 3.63) is 471 Å². The van der Waals surface area contributed by atoms with Gasteiger partial charge in [-0.3, -0.25) is 0 Å². The summed E-state index contributed by atoms with van der Waals surface area (Å²) in [7, 11) is 0. The van der Waals surface area contributed by atoms with Crippen molar-refractivity contribution in [2.75, 3.05) is 9.80 Å². The van der Waals surface area contributed by atoms with E-state index < -0.39 is 0 Å². The summed E-state index contributed by atoms with van der Waals surface area (Å²) < 4.78 is 0. The SMILES string of the molecule is c1ccc(-c2ccc(N(c3ccc(-c4ccc(-c5ccc(-c6ccc7c(c6)-c6ccccc6C76C7CC8CC(C7)CC6C8)cc5)cc4)cc3)c3ccc(-c4cccc5ccccc45)cc3)cc2)cc1.c1ccc(-c2ccc(N(c3ccc(-c4ccc(-c5ccc6c(c5)-c5ccccc5C65C6CC7CC(C6)CC5C7)cc4)cc3)c3ccc(-c4cccc5ccccc45)cc3)cc2)cc1. The summed E-state index contributed by atoms with van der Waals surface area (Å²) in [5, 5.41) is 5.05. The molecule has 632 valence electrons. The number of rotatable bonds is 15. The van der Waals surface area contributed by atoms with Gasteiger partial charge in [0, 0.05) is 45.0 Å². The lowest BCUT2D eigenvalue weighted by molar-refractivity contribution is -0.0399. The molecule has 2 heteroatoms. The Hall–Kier alpha value is -14.7. The Kier molecular flexibility index (Phi) is 19.1. The van der Waals surface area contributed by atoms with E-state index in [9.17, 15) is 0 Å². The van der Waals surface area contributed by atoms with Crippen LogP contribution >= 0.6 is 0 Å². The second kappa shape index (κ2) is 32.1. The Morgan fingerprint density at radius 2 is 0.364 bits per heavy atom. The van der Waals surface area contributed by atoms with Crippen molar-refractivity contribution in [3.8, 4) is 122 Å². The highest BCUT2D eigenvalue weighted by molar-refractivity contribution is 5.99. The number of fused-ring (bicyclic) bond motifs is 8. The molecule has 2 nitrogen and oxygen atoms in total. The lowest BCUT2D eigenvalue weighted by Gasteiger charge is -2.61. The normalized spacial score (nSPS) is 20.9. The highest BCUT2D eigenvalue weighted by Gasteiger charge is 2.63. The van der Waals surface area contributed by atoms with Crippen molar-refractivity contribution >= 4 is 55.7 Å². The predicted octanol–water partition coefficient (Wildman–Crippen LogP) is 35.1. The van der Waals surface area contributed by atoms with E-state index in [1.54, 1.807) is 22.3 Å². The molecule has 19 aromatic rings. The number of benzene rings is 19. The van der Waals surface area contributed by atoms with Gasteiger partial charge >= 0.3 is 0 Å². The summed E-state index contributed by atoms with van der Waals surface area (Å²) in [6.45, 7) is 0. The number of nitrogens with zero attached hydrogens (tertiary/aromatic N) is 2. The van der Waals surface area contributed by atoms with Crippen LogP contribution in [0.3, 0.4) is 0 Å². The minimum atomic E-state index is 0.218. The second-order valence-corrected chi connectivity index (χ2v) is 39.4. The van der Waals surface area contributed by atoms with E-state index in [1.807, 2.05) is 0 Å². The number of hydrogen-bond donors (Lipinski definition) is 0. The first-order valence-electron chi connectivity index (χ1n) is 48.4. The molecule has 29 rings (SSSR count). The van der Waals surface area contributed by atoms with E-state index >= 15 is 0 Å². The third-order valence-electron chi connectivity index (χ3n) is 32.6. The summed E-state index contributed by atoms with van der Waals surface area (Å²) >= 11 is 0. The van der Waals surface area contributed by atoms with Crippen LogP contribution in [0.4, 0.5) is 34.1 Å². The quantitative estimate of drug-likeness (QED) is 0.101. The maximum Gasteiger partial charge on any atom is 0.0462 e. The van der Waals surface area contributed by atoms with Crippen LogP contribution in [0.25, 0.3) is 144 Å². The minimum Gasteiger partial charge on any atom is -0.311 e. The molecule has 8 fully saturated rings. The Labute approximate surface area is 775 Å². The minimum absolute atomic E-state index is 0.218. The van der Waals surface area contributed by atoms with Crippen LogP contribution < -0.4 is 9.80 Å². The highest BCUT2D eigenvalue weighted by atomic mass is 15.1. The molecule has 19 aromatic carbocycles. The molecule has 10 aliphatic carbocycles. The van der Waals surface area contributed by atoms with Gasteiger partial charge in [-0.15, -0.1) is 0 Å². The largest absolute Gasteiger partial charge is 0.311 e. The fraction of sp³-hybridized carbons (Fsp3) is 0.154. The van der Waals surface area contributed by atoms with Crippen LogP contribution in [0.15, 0.2) is 449 Å². The van der Waals surface area contributed by atoms with Crippen LogP contribution in [-0.4, -0.2) is 0 Å². The molecular weight excluding hydrogens is 1590 g/mol. The molecule has 8 bridgehead atoms. The second-order valence-electron chi connectivity index (χ2n) is 39.4. The molecule has 0 saturated heterocycles. The fourth-order valence-corrected chi connectivity index (χ4v) is 27.1. The topological polar surface area (TPSA) is 6.48 Å².